The molecule has 0 aliphatic heterocycles. The van der Waals surface area contributed by atoms with E-state index in [1.165, 1.54) is 0 Å². The van der Waals surface area contributed by atoms with Crippen LogP contribution in [0.2, 0.25) is 5.02 Å². The Labute approximate surface area is 118 Å². The maximum atomic E-state index is 12.2. The Morgan fingerprint density at radius 2 is 2.20 bits per heavy atom. The number of rotatable bonds is 6. The molecule has 0 radical (unpaired) electrons. The van der Waals surface area contributed by atoms with Crippen LogP contribution in [0.25, 0.3) is 0 Å². The third kappa shape index (κ3) is 4.68. The Morgan fingerprint density at radius 1 is 1.55 bits per heavy atom. The van der Waals surface area contributed by atoms with Gasteiger partial charge < -0.3 is 10.4 Å². The molecule has 1 unspecified atom stereocenters. The van der Waals surface area contributed by atoms with Crippen molar-refractivity contribution in [3.63, 3.8) is 0 Å². The van der Waals surface area contributed by atoms with Crippen LogP contribution in [-0.2, 0) is 6.54 Å². The van der Waals surface area contributed by atoms with E-state index in [9.17, 15) is 18.0 Å². The molecule has 114 valence electrons. The van der Waals surface area contributed by atoms with Crippen LogP contribution < -0.4 is 10.9 Å². The van der Waals surface area contributed by atoms with Crippen LogP contribution in [0.1, 0.15) is 19.8 Å². The number of aromatic nitrogens is 2. The fraction of sp³-hybridized carbons (Fsp3) is 0.636. The molecule has 1 aromatic rings. The fourth-order valence-electron chi connectivity index (χ4n) is 1.60. The predicted molar refractivity (Wildman–Crippen MR) is 69.0 cm³/mol. The Kier molecular flexibility index (Phi) is 5.82. The maximum absolute atomic E-state index is 12.2. The highest BCUT2D eigenvalue weighted by Gasteiger charge is 2.29. The summed E-state index contributed by atoms with van der Waals surface area (Å²) in [5.41, 5.74) is -0.844. The van der Waals surface area contributed by atoms with Gasteiger partial charge in [0.05, 0.1) is 11.9 Å². The van der Waals surface area contributed by atoms with E-state index >= 15 is 0 Å². The first-order chi connectivity index (χ1) is 9.28. The van der Waals surface area contributed by atoms with Crippen LogP contribution in [0.15, 0.2) is 11.0 Å². The van der Waals surface area contributed by atoms with Gasteiger partial charge in [-0.05, 0) is 12.8 Å². The topological polar surface area (TPSA) is 67.2 Å². The molecule has 1 aromatic heterocycles. The van der Waals surface area contributed by atoms with Gasteiger partial charge in [-0.3, -0.25) is 4.79 Å². The first kappa shape index (κ1) is 16.8. The third-order valence-electron chi connectivity index (χ3n) is 2.64. The van der Waals surface area contributed by atoms with Crippen LogP contribution >= 0.6 is 11.6 Å². The molecule has 0 spiro atoms. The van der Waals surface area contributed by atoms with Gasteiger partial charge in [-0.2, -0.15) is 18.3 Å². The van der Waals surface area contributed by atoms with Crippen molar-refractivity contribution in [3.8, 4) is 0 Å². The summed E-state index contributed by atoms with van der Waals surface area (Å²) in [6.07, 6.45) is -2.38. The van der Waals surface area contributed by atoms with Crippen molar-refractivity contribution in [1.82, 2.24) is 9.78 Å². The summed E-state index contributed by atoms with van der Waals surface area (Å²) in [4.78, 5) is 11.7. The quantitative estimate of drug-likeness (QED) is 0.843. The number of alkyl halides is 3. The van der Waals surface area contributed by atoms with Crippen molar-refractivity contribution in [3.05, 3.63) is 21.6 Å². The summed E-state index contributed by atoms with van der Waals surface area (Å²) < 4.78 is 37.0. The van der Waals surface area contributed by atoms with Gasteiger partial charge in [0.1, 0.15) is 11.6 Å². The summed E-state index contributed by atoms with van der Waals surface area (Å²) >= 11 is 5.76. The highest BCUT2D eigenvalue weighted by Crippen LogP contribution is 2.20. The molecule has 0 fully saturated rings. The summed E-state index contributed by atoms with van der Waals surface area (Å²) in [6.45, 7) is 0.320. The highest BCUT2D eigenvalue weighted by atomic mass is 35.5. The molecule has 1 heterocycles. The monoisotopic (exact) mass is 313 g/mol. The zero-order valence-electron chi connectivity index (χ0n) is 10.7. The number of aliphatic hydroxyl groups excluding tert-OH is 1. The second kappa shape index (κ2) is 6.94. The molecular weight excluding hydrogens is 299 g/mol. The Hall–Kier alpha value is -1.28. The van der Waals surface area contributed by atoms with Gasteiger partial charge in [-0.25, -0.2) is 4.68 Å². The fourth-order valence-corrected chi connectivity index (χ4v) is 1.80. The molecule has 0 bridgehead atoms. The van der Waals surface area contributed by atoms with E-state index in [0.717, 1.165) is 6.20 Å². The Bertz CT molecular complexity index is 505. The van der Waals surface area contributed by atoms with E-state index in [4.69, 9.17) is 16.7 Å². The molecule has 2 N–H and O–H groups in total. The summed E-state index contributed by atoms with van der Waals surface area (Å²) in [7, 11) is 0. The Morgan fingerprint density at radius 3 is 2.70 bits per heavy atom. The molecule has 0 aromatic carbocycles. The van der Waals surface area contributed by atoms with Gasteiger partial charge in [0.15, 0.2) is 0 Å². The van der Waals surface area contributed by atoms with Crippen LogP contribution in [0.5, 0.6) is 0 Å². The van der Waals surface area contributed by atoms with Gasteiger partial charge in [-0.1, -0.05) is 18.5 Å². The van der Waals surface area contributed by atoms with E-state index in [0.29, 0.717) is 12.8 Å². The lowest BCUT2D eigenvalue weighted by molar-refractivity contribution is -0.143. The molecule has 1 rings (SSSR count). The average molecular weight is 314 g/mol. The van der Waals surface area contributed by atoms with E-state index in [1.807, 2.05) is 6.92 Å². The molecule has 9 heteroatoms. The van der Waals surface area contributed by atoms with Crippen molar-refractivity contribution < 1.29 is 18.3 Å². The Balaban J connectivity index is 2.97. The number of nitrogens with one attached hydrogen (secondary N) is 1. The molecule has 0 saturated heterocycles. The summed E-state index contributed by atoms with van der Waals surface area (Å²) in [5.74, 6) is 0. The number of anilines is 1. The number of halogens is 4. The van der Waals surface area contributed by atoms with E-state index in [2.05, 4.69) is 10.4 Å². The van der Waals surface area contributed by atoms with Gasteiger partial charge in [0.25, 0.3) is 5.56 Å². The lowest BCUT2D eigenvalue weighted by atomic mass is 10.1. The van der Waals surface area contributed by atoms with Crippen LogP contribution in [0, 0.1) is 0 Å². The lowest BCUT2D eigenvalue weighted by Gasteiger charge is -2.18. The largest absolute Gasteiger partial charge is 0.408 e. The number of hydrogen-bond acceptors (Lipinski definition) is 4. The van der Waals surface area contributed by atoms with Crippen LogP contribution in [0.4, 0.5) is 18.9 Å². The van der Waals surface area contributed by atoms with Crippen molar-refractivity contribution in [2.24, 2.45) is 0 Å². The first-order valence-corrected chi connectivity index (χ1v) is 6.36. The molecule has 1 atom stereocenters. The molecule has 0 saturated carbocycles. The van der Waals surface area contributed by atoms with Crippen molar-refractivity contribution >= 4 is 17.3 Å². The second-order valence-corrected chi connectivity index (χ2v) is 4.59. The lowest BCUT2D eigenvalue weighted by Crippen LogP contribution is -2.31. The normalized spacial score (nSPS) is 13.3. The maximum Gasteiger partial charge on any atom is 0.408 e. The van der Waals surface area contributed by atoms with E-state index in [1.54, 1.807) is 0 Å². The molecule has 0 aliphatic carbocycles. The van der Waals surface area contributed by atoms with Gasteiger partial charge in [-0.15, -0.1) is 0 Å². The van der Waals surface area contributed by atoms with Crippen molar-refractivity contribution in [1.29, 1.82) is 0 Å². The molecule has 20 heavy (non-hydrogen) atoms. The summed E-state index contributed by atoms with van der Waals surface area (Å²) in [6, 6.07) is -0.142. The van der Waals surface area contributed by atoms with Crippen molar-refractivity contribution in [2.75, 3.05) is 11.9 Å². The molecule has 0 amide bonds. The molecular formula is C11H15ClF3N3O2. The van der Waals surface area contributed by atoms with Gasteiger partial charge >= 0.3 is 6.18 Å². The second-order valence-electron chi connectivity index (χ2n) is 4.21. The van der Waals surface area contributed by atoms with Crippen LogP contribution in [0.3, 0.4) is 0 Å². The van der Waals surface area contributed by atoms with Crippen molar-refractivity contribution in [2.45, 2.75) is 38.5 Å². The standard InChI is InChI=1S/C11H15ClF3N3O2/c1-2-7(3-4-19)17-8-5-16-18(6-11(13,14)15)10(20)9(8)12/h5,7,17,19H,2-4,6H2,1H3. The zero-order chi connectivity index (χ0) is 15.3. The number of nitrogens with zero attached hydrogens (tertiary/aromatic N) is 2. The number of aliphatic hydroxyl groups is 1. The smallest absolute Gasteiger partial charge is 0.396 e. The van der Waals surface area contributed by atoms with Crippen LogP contribution in [-0.4, -0.2) is 33.7 Å². The molecule has 5 nitrogen and oxygen atoms in total. The zero-order valence-corrected chi connectivity index (χ0v) is 11.5. The SMILES string of the molecule is CCC(CCO)Nc1cnn(CC(F)(F)F)c(=O)c1Cl. The molecule has 0 aliphatic rings. The average Bonchev–Trinajstić information content (AvgIpc) is 2.36. The summed E-state index contributed by atoms with van der Waals surface area (Å²) in [5, 5.41) is 14.8. The third-order valence-corrected chi connectivity index (χ3v) is 3.01. The van der Waals surface area contributed by atoms with E-state index < -0.39 is 18.3 Å². The van der Waals surface area contributed by atoms with Gasteiger partial charge in [0.2, 0.25) is 0 Å². The highest BCUT2D eigenvalue weighted by molar-refractivity contribution is 6.32. The minimum Gasteiger partial charge on any atom is -0.396 e. The first-order valence-electron chi connectivity index (χ1n) is 5.98. The number of hydrogen-bond donors (Lipinski definition) is 2. The predicted octanol–water partition coefficient (Wildman–Crippen LogP) is 2.03. The minimum atomic E-state index is -4.54. The minimum absolute atomic E-state index is 0.0539. The van der Waals surface area contributed by atoms with E-state index in [-0.39, 0.29) is 28.0 Å². The van der Waals surface area contributed by atoms with Gasteiger partial charge in [0, 0.05) is 12.6 Å².